The maximum absolute atomic E-state index is 11.7. The molecule has 0 saturated heterocycles. The van der Waals surface area contributed by atoms with Gasteiger partial charge in [-0.25, -0.2) is 0 Å². The van der Waals surface area contributed by atoms with Crippen molar-refractivity contribution in [3.63, 3.8) is 0 Å². The molecular formula is C36H38O6S2. The molecule has 44 heavy (non-hydrogen) atoms. The smallest absolute Gasteiger partial charge is 0.308 e. The zero-order chi connectivity index (χ0) is 32.6. The molecule has 0 aliphatic heterocycles. The standard InChI is InChI=1S/C22H26O4S.C14H12O2S/c1-11-9-10-12(2)21(13(11)3)27-22-15(5)14(4)19(25-17(7)23)20(16(22)6)26-18(8)24;1-11(15)16-12-7-9-14(10-8-12)17-13-5-3-2-4-6-13/h9-10H,1-8H3;2-10H,1H3. The molecule has 0 heterocycles. The van der Waals surface area contributed by atoms with E-state index < -0.39 is 11.9 Å². The molecule has 4 aromatic rings. The normalized spacial score (nSPS) is 10.4. The Hall–Kier alpha value is -4.01. The molecule has 4 aromatic carbocycles. The van der Waals surface area contributed by atoms with Crippen LogP contribution in [0.25, 0.3) is 0 Å². The van der Waals surface area contributed by atoms with Crippen molar-refractivity contribution in [1.82, 2.24) is 0 Å². The molecule has 8 heteroatoms. The van der Waals surface area contributed by atoms with Gasteiger partial charge in [0.1, 0.15) is 5.75 Å². The highest BCUT2D eigenvalue weighted by Crippen LogP contribution is 2.46. The molecule has 6 nitrogen and oxygen atoms in total. The molecule has 0 aromatic heterocycles. The second kappa shape index (κ2) is 15.6. The van der Waals surface area contributed by atoms with E-state index in [1.165, 1.54) is 47.3 Å². The Kier molecular flexibility index (Phi) is 12.3. The number of esters is 3. The van der Waals surface area contributed by atoms with Crippen LogP contribution in [0.3, 0.4) is 0 Å². The summed E-state index contributed by atoms with van der Waals surface area (Å²) in [5.74, 6) is 0.00840. The zero-order valence-corrected chi connectivity index (χ0v) is 28.2. The number of benzene rings is 4. The van der Waals surface area contributed by atoms with Crippen molar-refractivity contribution in [2.45, 2.75) is 81.9 Å². The average Bonchev–Trinajstić information content (AvgIpc) is 2.97. The lowest BCUT2D eigenvalue weighted by Crippen LogP contribution is -2.11. The summed E-state index contributed by atoms with van der Waals surface area (Å²) >= 11 is 3.33. The van der Waals surface area contributed by atoms with E-state index in [-0.39, 0.29) is 5.97 Å². The van der Waals surface area contributed by atoms with Crippen LogP contribution >= 0.6 is 23.5 Å². The molecule has 230 valence electrons. The summed E-state index contributed by atoms with van der Waals surface area (Å²) in [4.78, 5) is 38.5. The molecule has 4 rings (SSSR count). The van der Waals surface area contributed by atoms with Crippen molar-refractivity contribution < 1.29 is 28.6 Å². The quantitative estimate of drug-likeness (QED) is 0.148. The minimum atomic E-state index is -0.450. The van der Waals surface area contributed by atoms with Gasteiger partial charge in [-0.1, -0.05) is 53.9 Å². The summed E-state index contributed by atoms with van der Waals surface area (Å²) in [5.41, 5.74) is 6.23. The average molecular weight is 631 g/mol. The third kappa shape index (κ3) is 9.24. The molecule has 0 aliphatic rings. The molecule has 0 atom stereocenters. The predicted octanol–water partition coefficient (Wildman–Crippen LogP) is 9.30. The van der Waals surface area contributed by atoms with Gasteiger partial charge >= 0.3 is 17.9 Å². The monoisotopic (exact) mass is 630 g/mol. The Morgan fingerprint density at radius 2 is 0.977 bits per heavy atom. The van der Waals surface area contributed by atoms with Crippen LogP contribution in [0.2, 0.25) is 0 Å². The highest BCUT2D eigenvalue weighted by molar-refractivity contribution is 7.99. The second-order valence-corrected chi connectivity index (χ2v) is 12.5. The van der Waals surface area contributed by atoms with Gasteiger partial charge in [0.05, 0.1) is 0 Å². The van der Waals surface area contributed by atoms with Crippen molar-refractivity contribution in [2.24, 2.45) is 0 Å². The fraction of sp³-hybridized carbons (Fsp3) is 0.250. The largest absolute Gasteiger partial charge is 0.427 e. The van der Waals surface area contributed by atoms with E-state index in [0.29, 0.717) is 17.2 Å². The van der Waals surface area contributed by atoms with E-state index >= 15 is 0 Å². The maximum Gasteiger partial charge on any atom is 0.308 e. The highest BCUT2D eigenvalue weighted by atomic mass is 32.2. The summed E-state index contributed by atoms with van der Waals surface area (Å²) in [5, 5.41) is 0. The lowest BCUT2D eigenvalue weighted by atomic mass is 10.0. The first-order valence-electron chi connectivity index (χ1n) is 14.0. The number of hydrogen-bond donors (Lipinski definition) is 0. The molecule has 0 unspecified atom stereocenters. The summed E-state index contributed by atoms with van der Waals surface area (Å²) in [7, 11) is 0. The predicted molar refractivity (Wildman–Crippen MR) is 176 cm³/mol. The Labute approximate surface area is 268 Å². The second-order valence-electron chi connectivity index (χ2n) is 10.3. The number of aryl methyl sites for hydroxylation is 2. The summed E-state index contributed by atoms with van der Waals surface area (Å²) in [6, 6.07) is 21.8. The van der Waals surface area contributed by atoms with Gasteiger partial charge in [-0.2, -0.15) is 0 Å². The van der Waals surface area contributed by atoms with Crippen LogP contribution < -0.4 is 14.2 Å². The zero-order valence-electron chi connectivity index (χ0n) is 26.6. The number of rotatable bonds is 7. The summed E-state index contributed by atoms with van der Waals surface area (Å²) in [6.07, 6.45) is 0. The van der Waals surface area contributed by atoms with E-state index in [1.54, 1.807) is 35.7 Å². The van der Waals surface area contributed by atoms with Gasteiger partial charge in [0.25, 0.3) is 0 Å². The summed E-state index contributed by atoms with van der Waals surface area (Å²) in [6.45, 7) is 16.1. The molecule has 0 amide bonds. The van der Waals surface area contributed by atoms with Crippen LogP contribution in [0.1, 0.15) is 54.2 Å². The van der Waals surface area contributed by atoms with Crippen LogP contribution in [0, 0.1) is 41.5 Å². The Balaban J connectivity index is 0.000000266. The van der Waals surface area contributed by atoms with Gasteiger partial charge in [0, 0.05) is 45.9 Å². The molecule has 0 spiro atoms. The van der Waals surface area contributed by atoms with Gasteiger partial charge in [-0.3, -0.25) is 14.4 Å². The summed E-state index contributed by atoms with van der Waals surface area (Å²) < 4.78 is 15.8. The highest BCUT2D eigenvalue weighted by Gasteiger charge is 2.24. The van der Waals surface area contributed by atoms with Gasteiger partial charge in [0.2, 0.25) is 0 Å². The van der Waals surface area contributed by atoms with E-state index in [4.69, 9.17) is 14.2 Å². The number of hydrogen-bond acceptors (Lipinski definition) is 8. The third-order valence-corrected chi connectivity index (χ3v) is 9.43. The first kappa shape index (κ1) is 34.5. The molecule has 0 N–H and O–H groups in total. The van der Waals surface area contributed by atoms with E-state index in [0.717, 1.165) is 26.5 Å². The van der Waals surface area contributed by atoms with Crippen molar-refractivity contribution in [1.29, 1.82) is 0 Å². The Bertz CT molecular complexity index is 1660. The fourth-order valence-corrected chi connectivity index (χ4v) is 6.44. The van der Waals surface area contributed by atoms with Crippen LogP contribution in [0.5, 0.6) is 17.2 Å². The van der Waals surface area contributed by atoms with Gasteiger partial charge in [-0.05, 0) is 106 Å². The van der Waals surface area contributed by atoms with Gasteiger partial charge in [-0.15, -0.1) is 0 Å². The molecule has 0 radical (unpaired) electrons. The minimum absolute atomic E-state index is 0.298. The Morgan fingerprint density at radius 1 is 0.477 bits per heavy atom. The molecular weight excluding hydrogens is 593 g/mol. The topological polar surface area (TPSA) is 78.9 Å². The molecule has 0 aliphatic carbocycles. The lowest BCUT2D eigenvalue weighted by Gasteiger charge is -2.21. The van der Waals surface area contributed by atoms with Crippen molar-refractivity contribution in [3.8, 4) is 17.2 Å². The van der Waals surface area contributed by atoms with Crippen LogP contribution in [0.4, 0.5) is 0 Å². The van der Waals surface area contributed by atoms with Crippen LogP contribution in [-0.4, -0.2) is 17.9 Å². The van der Waals surface area contributed by atoms with Crippen LogP contribution in [0.15, 0.2) is 86.3 Å². The fourth-order valence-electron chi connectivity index (χ4n) is 4.30. The number of carbonyl (C=O) groups excluding carboxylic acids is 3. The lowest BCUT2D eigenvalue weighted by molar-refractivity contribution is -0.134. The van der Waals surface area contributed by atoms with E-state index in [2.05, 4.69) is 45.0 Å². The van der Waals surface area contributed by atoms with Crippen molar-refractivity contribution in [2.75, 3.05) is 0 Å². The van der Waals surface area contributed by atoms with E-state index in [9.17, 15) is 14.4 Å². The van der Waals surface area contributed by atoms with Crippen LogP contribution in [-0.2, 0) is 14.4 Å². The van der Waals surface area contributed by atoms with Crippen molar-refractivity contribution in [3.05, 3.63) is 100 Å². The molecule has 0 fully saturated rings. The first-order chi connectivity index (χ1) is 20.8. The first-order valence-corrected chi connectivity index (χ1v) is 15.7. The van der Waals surface area contributed by atoms with Gasteiger partial charge in [0.15, 0.2) is 11.5 Å². The molecule has 0 bridgehead atoms. The maximum atomic E-state index is 11.7. The van der Waals surface area contributed by atoms with E-state index in [1.807, 2.05) is 51.1 Å². The van der Waals surface area contributed by atoms with Crippen molar-refractivity contribution >= 4 is 41.4 Å². The number of ether oxygens (including phenoxy) is 3. The minimum Gasteiger partial charge on any atom is -0.427 e. The Morgan fingerprint density at radius 3 is 1.52 bits per heavy atom. The number of carbonyl (C=O) groups is 3. The SMILES string of the molecule is CC(=O)Oc1c(C)c(C)c(Sc2c(C)ccc(C)c2C)c(C)c1OC(C)=O.CC(=O)Oc1ccc(Sc2ccccc2)cc1. The third-order valence-electron chi connectivity index (χ3n) is 6.76. The van der Waals surface area contributed by atoms with Gasteiger partial charge < -0.3 is 14.2 Å². The molecule has 0 saturated carbocycles.